The predicted molar refractivity (Wildman–Crippen MR) is 63.6 cm³/mol. The van der Waals surface area contributed by atoms with E-state index in [2.05, 4.69) is 15.3 Å². The lowest BCUT2D eigenvalue weighted by molar-refractivity contribution is -0.383. The number of halogens is 2. The maximum absolute atomic E-state index is 13.2. The van der Waals surface area contributed by atoms with E-state index in [9.17, 15) is 18.9 Å². The molecule has 98 valence electrons. The number of anilines is 1. The van der Waals surface area contributed by atoms with E-state index < -0.39 is 22.2 Å². The van der Waals surface area contributed by atoms with E-state index in [0.717, 1.165) is 18.5 Å². The number of aromatic nitrogens is 2. The highest BCUT2D eigenvalue weighted by Crippen LogP contribution is 2.33. The second kappa shape index (κ2) is 4.92. The molecule has 0 aliphatic carbocycles. The van der Waals surface area contributed by atoms with Gasteiger partial charge in [0.05, 0.1) is 4.92 Å². The molecule has 0 atom stereocenters. The minimum Gasteiger partial charge on any atom is -0.367 e. The Morgan fingerprint density at radius 3 is 2.37 bits per heavy atom. The fourth-order valence-corrected chi connectivity index (χ4v) is 1.64. The van der Waals surface area contributed by atoms with Gasteiger partial charge in [0.2, 0.25) is 5.82 Å². The van der Waals surface area contributed by atoms with Crippen molar-refractivity contribution in [2.75, 3.05) is 12.4 Å². The standard InChI is InChI=1S/C11H8F2N4O2/c1-14-11-10(17(18)19)9(15-5-16-11)6-2-7(12)4-8(13)3-6/h2-5H,1H3,(H,14,15,16). The Kier molecular flexibility index (Phi) is 3.32. The fraction of sp³-hybridized carbons (Fsp3) is 0.0909. The second-order valence-electron chi connectivity index (χ2n) is 3.58. The van der Waals surface area contributed by atoms with E-state index in [-0.39, 0.29) is 17.1 Å². The number of nitrogens with zero attached hydrogens (tertiary/aromatic N) is 3. The lowest BCUT2D eigenvalue weighted by atomic mass is 10.1. The van der Waals surface area contributed by atoms with Crippen LogP contribution in [-0.2, 0) is 0 Å². The van der Waals surface area contributed by atoms with Crippen molar-refractivity contribution in [1.82, 2.24) is 9.97 Å². The molecule has 1 heterocycles. The maximum atomic E-state index is 13.2. The first-order chi connectivity index (χ1) is 9.02. The van der Waals surface area contributed by atoms with Gasteiger partial charge in [0, 0.05) is 18.7 Å². The zero-order valence-corrected chi connectivity index (χ0v) is 9.72. The van der Waals surface area contributed by atoms with Crippen LogP contribution in [0.1, 0.15) is 0 Å². The van der Waals surface area contributed by atoms with Crippen molar-refractivity contribution in [3.05, 3.63) is 46.3 Å². The Morgan fingerprint density at radius 2 is 1.84 bits per heavy atom. The van der Waals surface area contributed by atoms with E-state index in [4.69, 9.17) is 0 Å². The molecule has 0 aliphatic heterocycles. The Balaban J connectivity index is 2.71. The quantitative estimate of drug-likeness (QED) is 0.681. The van der Waals surface area contributed by atoms with Crippen LogP contribution >= 0.6 is 0 Å². The SMILES string of the molecule is CNc1ncnc(-c2cc(F)cc(F)c2)c1[N+](=O)[O-]. The van der Waals surface area contributed by atoms with Gasteiger partial charge in [-0.1, -0.05) is 0 Å². The number of nitro groups is 1. The molecule has 0 saturated heterocycles. The van der Waals surface area contributed by atoms with Crippen LogP contribution < -0.4 is 5.32 Å². The molecule has 0 aliphatic rings. The topological polar surface area (TPSA) is 81.0 Å². The van der Waals surface area contributed by atoms with Gasteiger partial charge in [-0.25, -0.2) is 18.7 Å². The van der Waals surface area contributed by atoms with E-state index in [1.807, 2.05) is 0 Å². The lowest BCUT2D eigenvalue weighted by Crippen LogP contribution is -2.03. The van der Waals surface area contributed by atoms with Gasteiger partial charge < -0.3 is 5.32 Å². The molecule has 6 nitrogen and oxygen atoms in total. The summed E-state index contributed by atoms with van der Waals surface area (Å²) in [5.41, 5.74) is -0.610. The molecule has 1 aromatic carbocycles. The summed E-state index contributed by atoms with van der Waals surface area (Å²) in [7, 11) is 1.45. The third-order valence-corrected chi connectivity index (χ3v) is 2.38. The monoisotopic (exact) mass is 266 g/mol. The fourth-order valence-electron chi connectivity index (χ4n) is 1.64. The van der Waals surface area contributed by atoms with E-state index in [1.165, 1.54) is 7.05 Å². The van der Waals surface area contributed by atoms with Gasteiger partial charge in [-0.3, -0.25) is 10.1 Å². The van der Waals surface area contributed by atoms with Crippen molar-refractivity contribution < 1.29 is 13.7 Å². The van der Waals surface area contributed by atoms with Crippen molar-refractivity contribution in [2.24, 2.45) is 0 Å². The molecule has 1 N–H and O–H groups in total. The average Bonchev–Trinajstić information content (AvgIpc) is 2.36. The molecular formula is C11H8F2N4O2. The molecular weight excluding hydrogens is 258 g/mol. The third-order valence-electron chi connectivity index (χ3n) is 2.38. The molecule has 0 unspecified atom stereocenters. The van der Waals surface area contributed by atoms with Crippen LogP contribution in [0.5, 0.6) is 0 Å². The molecule has 19 heavy (non-hydrogen) atoms. The van der Waals surface area contributed by atoms with Gasteiger partial charge in [-0.15, -0.1) is 0 Å². The van der Waals surface area contributed by atoms with E-state index in [0.29, 0.717) is 6.07 Å². The number of rotatable bonds is 3. The predicted octanol–water partition coefficient (Wildman–Crippen LogP) is 2.37. The highest BCUT2D eigenvalue weighted by Gasteiger charge is 2.23. The summed E-state index contributed by atoms with van der Waals surface area (Å²) in [5.74, 6) is -1.71. The second-order valence-corrected chi connectivity index (χ2v) is 3.58. The maximum Gasteiger partial charge on any atom is 0.337 e. The van der Waals surface area contributed by atoms with Gasteiger partial charge in [-0.05, 0) is 12.1 Å². The molecule has 0 spiro atoms. The van der Waals surface area contributed by atoms with Crippen LogP contribution in [0.4, 0.5) is 20.3 Å². The van der Waals surface area contributed by atoms with Crippen LogP contribution in [0.3, 0.4) is 0 Å². The minimum atomic E-state index is -0.839. The number of hydrogen-bond acceptors (Lipinski definition) is 5. The van der Waals surface area contributed by atoms with Crippen molar-refractivity contribution in [1.29, 1.82) is 0 Å². The molecule has 0 radical (unpaired) electrons. The molecule has 0 fully saturated rings. The van der Waals surface area contributed by atoms with Gasteiger partial charge in [0.15, 0.2) is 5.69 Å². The van der Waals surface area contributed by atoms with Crippen molar-refractivity contribution in [3.8, 4) is 11.3 Å². The molecule has 8 heteroatoms. The van der Waals surface area contributed by atoms with Crippen molar-refractivity contribution >= 4 is 11.5 Å². The zero-order chi connectivity index (χ0) is 14.0. The summed E-state index contributed by atoms with van der Waals surface area (Å²) in [6.45, 7) is 0. The summed E-state index contributed by atoms with van der Waals surface area (Å²) in [6, 6.07) is 2.62. The number of nitrogens with one attached hydrogen (secondary N) is 1. The molecule has 2 aromatic rings. The molecule has 0 bridgehead atoms. The molecule has 1 aromatic heterocycles. The highest BCUT2D eigenvalue weighted by atomic mass is 19.1. The normalized spacial score (nSPS) is 10.3. The number of hydrogen-bond donors (Lipinski definition) is 1. The van der Waals surface area contributed by atoms with Gasteiger partial charge >= 0.3 is 5.69 Å². The Bertz CT molecular complexity index is 628. The number of benzene rings is 1. The first kappa shape index (κ1) is 12.8. The first-order valence-electron chi connectivity index (χ1n) is 5.16. The lowest BCUT2D eigenvalue weighted by Gasteiger charge is -2.06. The van der Waals surface area contributed by atoms with Crippen LogP contribution in [0.25, 0.3) is 11.3 Å². The molecule has 2 rings (SSSR count). The van der Waals surface area contributed by atoms with Crippen LogP contribution in [0.15, 0.2) is 24.5 Å². The van der Waals surface area contributed by atoms with Crippen molar-refractivity contribution in [3.63, 3.8) is 0 Å². The van der Waals surface area contributed by atoms with Crippen LogP contribution in [0.2, 0.25) is 0 Å². The summed E-state index contributed by atoms with van der Waals surface area (Å²) < 4.78 is 26.3. The first-order valence-corrected chi connectivity index (χ1v) is 5.16. The van der Waals surface area contributed by atoms with Crippen molar-refractivity contribution in [2.45, 2.75) is 0 Å². The van der Waals surface area contributed by atoms with Gasteiger partial charge in [0.25, 0.3) is 0 Å². The van der Waals surface area contributed by atoms with E-state index in [1.54, 1.807) is 0 Å². The van der Waals surface area contributed by atoms with Crippen LogP contribution in [0, 0.1) is 21.7 Å². The summed E-state index contributed by atoms with van der Waals surface area (Å²) in [4.78, 5) is 17.8. The van der Waals surface area contributed by atoms with E-state index >= 15 is 0 Å². The minimum absolute atomic E-state index is 0.0249. The Hall–Kier alpha value is -2.64. The van der Waals surface area contributed by atoms with Gasteiger partial charge in [-0.2, -0.15) is 0 Å². The average molecular weight is 266 g/mol. The summed E-state index contributed by atoms with van der Waals surface area (Å²) in [6.07, 6.45) is 1.08. The summed E-state index contributed by atoms with van der Waals surface area (Å²) in [5, 5.41) is 13.6. The Labute approximate surface area is 106 Å². The smallest absolute Gasteiger partial charge is 0.337 e. The zero-order valence-electron chi connectivity index (χ0n) is 9.72. The highest BCUT2D eigenvalue weighted by molar-refractivity contribution is 5.76. The molecule has 0 amide bonds. The Morgan fingerprint density at radius 1 is 1.21 bits per heavy atom. The van der Waals surface area contributed by atoms with Gasteiger partial charge in [0.1, 0.15) is 18.0 Å². The summed E-state index contributed by atoms with van der Waals surface area (Å²) >= 11 is 0. The third kappa shape index (κ3) is 2.46. The largest absolute Gasteiger partial charge is 0.367 e. The van der Waals surface area contributed by atoms with Crippen LogP contribution in [-0.4, -0.2) is 21.9 Å². The molecule has 0 saturated carbocycles.